The van der Waals surface area contributed by atoms with Crippen LogP contribution in [0.1, 0.15) is 51.9 Å². The average molecular weight is 433 g/mol. The van der Waals surface area contributed by atoms with Crippen LogP contribution >= 0.6 is 24.0 Å². The fourth-order valence-corrected chi connectivity index (χ4v) is 3.25. The molecule has 2 N–H and O–H groups in total. The average Bonchev–Trinajstić information content (AvgIpc) is 3.18. The minimum absolute atomic E-state index is 0. The van der Waals surface area contributed by atoms with Gasteiger partial charge in [-0.1, -0.05) is 32.1 Å². The van der Waals surface area contributed by atoms with Crippen LogP contribution in [-0.4, -0.2) is 31.3 Å². The van der Waals surface area contributed by atoms with Crippen molar-refractivity contribution in [1.82, 2.24) is 10.6 Å². The van der Waals surface area contributed by atoms with Crippen molar-refractivity contribution in [2.45, 2.75) is 64.1 Å². The van der Waals surface area contributed by atoms with E-state index in [0.717, 1.165) is 12.3 Å². The molecule has 2 unspecified atom stereocenters. The maximum absolute atomic E-state index is 12.2. The Morgan fingerprint density at radius 1 is 1.18 bits per heavy atom. The molecule has 0 heterocycles. The predicted octanol–water partition coefficient (Wildman–Crippen LogP) is 4.08. The van der Waals surface area contributed by atoms with Gasteiger partial charge in [-0.15, -0.1) is 24.0 Å². The van der Waals surface area contributed by atoms with Crippen molar-refractivity contribution in [1.29, 1.82) is 0 Å². The van der Waals surface area contributed by atoms with Crippen LogP contribution in [-0.2, 0) is 0 Å². The molecule has 0 saturated heterocycles. The highest BCUT2D eigenvalue weighted by Gasteiger charge is 2.43. The molecule has 0 aliphatic heterocycles. The maximum atomic E-state index is 12.2. The monoisotopic (exact) mass is 433 g/mol. The minimum Gasteiger partial charge on any atom is -0.357 e. The van der Waals surface area contributed by atoms with E-state index < -0.39 is 12.6 Å². The standard InChI is InChI=1S/C15H26F3N3.HI/c1-2-19-14(20-9-8-15(16,17)18)21-13-10-12(13)11-6-4-3-5-7-11;/h11-13H,2-10H2,1H3,(H2,19,20,21);1H. The number of rotatable bonds is 5. The summed E-state index contributed by atoms with van der Waals surface area (Å²) in [5, 5.41) is 6.33. The zero-order valence-electron chi connectivity index (χ0n) is 13.1. The third-order valence-electron chi connectivity index (χ3n) is 4.43. The van der Waals surface area contributed by atoms with Gasteiger partial charge in [0.1, 0.15) is 0 Å². The molecular weight excluding hydrogens is 406 g/mol. The van der Waals surface area contributed by atoms with E-state index in [2.05, 4.69) is 15.6 Å². The first-order valence-corrected chi connectivity index (χ1v) is 8.11. The van der Waals surface area contributed by atoms with Gasteiger partial charge in [-0.25, -0.2) is 0 Å². The van der Waals surface area contributed by atoms with E-state index >= 15 is 0 Å². The van der Waals surface area contributed by atoms with Crippen LogP contribution in [0.25, 0.3) is 0 Å². The number of aliphatic imine (C=N–C) groups is 1. The molecule has 130 valence electrons. The van der Waals surface area contributed by atoms with E-state index in [9.17, 15) is 13.2 Å². The van der Waals surface area contributed by atoms with Crippen molar-refractivity contribution in [3.8, 4) is 0 Å². The van der Waals surface area contributed by atoms with Crippen molar-refractivity contribution in [2.24, 2.45) is 16.8 Å². The normalized spacial score (nSPS) is 26.3. The summed E-state index contributed by atoms with van der Waals surface area (Å²) < 4.78 is 36.5. The Labute approximate surface area is 147 Å². The number of nitrogens with zero attached hydrogens (tertiary/aromatic N) is 1. The second-order valence-corrected chi connectivity index (χ2v) is 6.17. The molecule has 0 spiro atoms. The van der Waals surface area contributed by atoms with Crippen molar-refractivity contribution in [3.05, 3.63) is 0 Å². The second kappa shape index (κ2) is 9.17. The van der Waals surface area contributed by atoms with E-state index in [1.165, 1.54) is 32.1 Å². The van der Waals surface area contributed by atoms with E-state index in [0.29, 0.717) is 24.5 Å². The second-order valence-electron chi connectivity index (χ2n) is 6.17. The molecule has 0 amide bonds. The fraction of sp³-hybridized carbons (Fsp3) is 0.933. The van der Waals surface area contributed by atoms with Crippen LogP contribution in [0.15, 0.2) is 4.99 Å². The number of halogens is 4. The van der Waals surface area contributed by atoms with Crippen LogP contribution in [0.4, 0.5) is 13.2 Å². The molecule has 0 aromatic carbocycles. The van der Waals surface area contributed by atoms with Gasteiger partial charge < -0.3 is 10.6 Å². The first kappa shape index (κ1) is 19.8. The van der Waals surface area contributed by atoms with Crippen molar-refractivity contribution < 1.29 is 13.2 Å². The van der Waals surface area contributed by atoms with Crippen molar-refractivity contribution >= 4 is 29.9 Å². The quantitative estimate of drug-likeness (QED) is 0.390. The topological polar surface area (TPSA) is 36.4 Å². The summed E-state index contributed by atoms with van der Waals surface area (Å²) in [6, 6.07) is 0.400. The van der Waals surface area contributed by atoms with Crippen molar-refractivity contribution in [2.75, 3.05) is 13.1 Å². The minimum atomic E-state index is -4.13. The molecule has 2 aliphatic rings. The SMILES string of the molecule is CCNC(=NCCC(F)(F)F)NC1CC1C1CCCCC1.I. The third-order valence-corrected chi connectivity index (χ3v) is 4.43. The van der Waals surface area contributed by atoms with Crippen molar-refractivity contribution in [3.63, 3.8) is 0 Å². The predicted molar refractivity (Wildman–Crippen MR) is 93.7 cm³/mol. The first-order chi connectivity index (χ1) is 9.99. The number of hydrogen-bond donors (Lipinski definition) is 2. The highest BCUT2D eigenvalue weighted by molar-refractivity contribution is 14.0. The van der Waals surface area contributed by atoms with Gasteiger partial charge in [-0.2, -0.15) is 13.2 Å². The molecule has 0 radical (unpaired) electrons. The zero-order chi connectivity index (χ0) is 15.3. The lowest BCUT2D eigenvalue weighted by atomic mass is 9.85. The summed E-state index contributed by atoms with van der Waals surface area (Å²) in [4.78, 5) is 4.03. The van der Waals surface area contributed by atoms with Gasteiger partial charge in [0.2, 0.25) is 0 Å². The van der Waals surface area contributed by atoms with E-state index in [-0.39, 0.29) is 30.5 Å². The summed E-state index contributed by atoms with van der Waals surface area (Å²) in [5.74, 6) is 2.02. The molecule has 2 saturated carbocycles. The van der Waals surface area contributed by atoms with Crippen LogP contribution in [0, 0.1) is 11.8 Å². The highest BCUT2D eigenvalue weighted by atomic mass is 127. The molecule has 2 aliphatic carbocycles. The summed E-state index contributed by atoms with van der Waals surface area (Å²) >= 11 is 0. The van der Waals surface area contributed by atoms with Gasteiger partial charge in [0.25, 0.3) is 0 Å². The summed E-state index contributed by atoms with van der Waals surface area (Å²) in [6.07, 6.45) is 2.76. The number of guanidine groups is 1. The molecule has 2 rings (SSSR count). The molecule has 2 fully saturated rings. The third kappa shape index (κ3) is 6.91. The first-order valence-electron chi connectivity index (χ1n) is 8.11. The fourth-order valence-electron chi connectivity index (χ4n) is 3.25. The Kier molecular flexibility index (Phi) is 8.27. The highest BCUT2D eigenvalue weighted by Crippen LogP contribution is 2.44. The lowest BCUT2D eigenvalue weighted by molar-refractivity contribution is -0.132. The van der Waals surface area contributed by atoms with Gasteiger partial charge in [0, 0.05) is 12.6 Å². The van der Waals surface area contributed by atoms with E-state index in [4.69, 9.17) is 0 Å². The van der Waals surface area contributed by atoms with Gasteiger partial charge in [0.15, 0.2) is 5.96 Å². The number of alkyl halides is 3. The van der Waals surface area contributed by atoms with Crippen LogP contribution in [0.5, 0.6) is 0 Å². The Bertz CT molecular complexity index is 354. The Morgan fingerprint density at radius 2 is 1.86 bits per heavy atom. The van der Waals surface area contributed by atoms with Gasteiger partial charge >= 0.3 is 6.18 Å². The number of hydrogen-bond acceptors (Lipinski definition) is 1. The summed E-state index contributed by atoms with van der Waals surface area (Å²) in [7, 11) is 0. The van der Waals surface area contributed by atoms with E-state index in [1.807, 2.05) is 6.92 Å². The Hall–Kier alpha value is -0.210. The van der Waals surface area contributed by atoms with Gasteiger partial charge in [0.05, 0.1) is 13.0 Å². The molecule has 3 nitrogen and oxygen atoms in total. The van der Waals surface area contributed by atoms with Gasteiger partial charge in [-0.3, -0.25) is 4.99 Å². The largest absolute Gasteiger partial charge is 0.390 e. The zero-order valence-corrected chi connectivity index (χ0v) is 15.4. The molecule has 0 aromatic heterocycles. The van der Waals surface area contributed by atoms with E-state index in [1.54, 1.807) is 0 Å². The molecule has 0 aromatic rings. The lowest BCUT2D eigenvalue weighted by Crippen LogP contribution is -2.39. The lowest BCUT2D eigenvalue weighted by Gasteiger charge is -2.22. The molecule has 7 heteroatoms. The Morgan fingerprint density at radius 3 is 2.45 bits per heavy atom. The van der Waals surface area contributed by atoms with Gasteiger partial charge in [-0.05, 0) is 25.2 Å². The maximum Gasteiger partial charge on any atom is 0.390 e. The molecule has 22 heavy (non-hydrogen) atoms. The van der Waals surface area contributed by atoms with Crippen LogP contribution in [0.2, 0.25) is 0 Å². The summed E-state index contributed by atoms with van der Waals surface area (Å²) in [6.45, 7) is 2.38. The summed E-state index contributed by atoms with van der Waals surface area (Å²) in [5.41, 5.74) is 0. The van der Waals surface area contributed by atoms with Crippen LogP contribution in [0.3, 0.4) is 0 Å². The Balaban J connectivity index is 0.00000242. The molecule has 2 atom stereocenters. The molecular formula is C15H27F3IN3. The van der Waals surface area contributed by atoms with Crippen LogP contribution < -0.4 is 10.6 Å². The number of nitrogens with one attached hydrogen (secondary N) is 2. The smallest absolute Gasteiger partial charge is 0.357 e. The molecule has 0 bridgehead atoms.